The Balaban J connectivity index is 1.71. The number of aromatic nitrogens is 2. The van der Waals surface area contributed by atoms with Gasteiger partial charge in [-0.15, -0.1) is 0 Å². The monoisotopic (exact) mass is 350 g/mol. The first kappa shape index (κ1) is 17.5. The lowest BCUT2D eigenvalue weighted by atomic mass is 10.1. The molecule has 2 N–H and O–H groups in total. The second kappa shape index (κ2) is 7.74. The van der Waals surface area contributed by atoms with E-state index in [0.29, 0.717) is 11.4 Å². The van der Waals surface area contributed by atoms with Crippen molar-refractivity contribution in [1.29, 1.82) is 0 Å². The topological polar surface area (TPSA) is 66.9 Å². The van der Waals surface area contributed by atoms with Crippen molar-refractivity contribution in [2.45, 2.75) is 20.4 Å². The molecule has 3 rings (SSSR count). The van der Waals surface area contributed by atoms with Gasteiger partial charge >= 0.3 is 0 Å². The molecule has 0 spiro atoms. The Hall–Kier alpha value is -3.28. The molecule has 0 aliphatic rings. The standard InChI is InChI=1S/C20H19FN4O/c1-13-6-5-9-17(14(13)2)25-20(26)18-10-19(24-12-23-18)22-11-15-7-3-4-8-16(15)21/h3-10,12H,11H2,1-2H3,(H,25,26)(H,22,23,24). The molecule has 0 aliphatic carbocycles. The molecule has 0 aliphatic heterocycles. The van der Waals surface area contributed by atoms with Crippen LogP contribution in [0.15, 0.2) is 54.9 Å². The number of amides is 1. The second-order valence-electron chi connectivity index (χ2n) is 5.94. The molecule has 1 heterocycles. The summed E-state index contributed by atoms with van der Waals surface area (Å²) in [5.74, 6) is -0.161. The fourth-order valence-electron chi connectivity index (χ4n) is 2.48. The number of benzene rings is 2. The third-order valence-electron chi connectivity index (χ3n) is 4.17. The molecule has 0 radical (unpaired) electrons. The highest BCUT2D eigenvalue weighted by atomic mass is 19.1. The van der Waals surface area contributed by atoms with Gasteiger partial charge in [-0.3, -0.25) is 4.79 Å². The molecule has 6 heteroatoms. The summed E-state index contributed by atoms with van der Waals surface area (Å²) in [7, 11) is 0. The third kappa shape index (κ3) is 4.03. The molecule has 1 amide bonds. The van der Waals surface area contributed by atoms with Gasteiger partial charge in [0.1, 0.15) is 23.7 Å². The lowest BCUT2D eigenvalue weighted by Gasteiger charge is -2.11. The maximum absolute atomic E-state index is 13.7. The van der Waals surface area contributed by atoms with E-state index in [9.17, 15) is 9.18 Å². The zero-order valence-corrected chi connectivity index (χ0v) is 14.6. The van der Waals surface area contributed by atoms with Crippen LogP contribution in [0.5, 0.6) is 0 Å². The predicted octanol–water partition coefficient (Wildman–Crippen LogP) is 4.10. The van der Waals surface area contributed by atoms with Crippen LogP contribution in [-0.2, 0) is 6.54 Å². The van der Waals surface area contributed by atoms with Crippen molar-refractivity contribution >= 4 is 17.4 Å². The van der Waals surface area contributed by atoms with Crippen LogP contribution in [0.25, 0.3) is 0 Å². The van der Waals surface area contributed by atoms with Gasteiger partial charge in [-0.05, 0) is 37.1 Å². The number of rotatable bonds is 5. The lowest BCUT2D eigenvalue weighted by Crippen LogP contribution is -2.15. The lowest BCUT2D eigenvalue weighted by molar-refractivity contribution is 0.102. The van der Waals surface area contributed by atoms with Gasteiger partial charge in [-0.25, -0.2) is 14.4 Å². The first-order chi connectivity index (χ1) is 12.5. The predicted molar refractivity (Wildman–Crippen MR) is 99.6 cm³/mol. The molecule has 26 heavy (non-hydrogen) atoms. The van der Waals surface area contributed by atoms with Gasteiger partial charge in [-0.2, -0.15) is 0 Å². The van der Waals surface area contributed by atoms with E-state index in [1.165, 1.54) is 12.4 Å². The average Bonchev–Trinajstić information content (AvgIpc) is 2.65. The Morgan fingerprint density at radius 2 is 1.88 bits per heavy atom. The van der Waals surface area contributed by atoms with Gasteiger partial charge in [0.2, 0.25) is 0 Å². The van der Waals surface area contributed by atoms with Gasteiger partial charge < -0.3 is 10.6 Å². The summed E-state index contributed by atoms with van der Waals surface area (Å²) < 4.78 is 13.7. The molecule has 3 aromatic rings. The minimum Gasteiger partial charge on any atom is -0.366 e. The smallest absolute Gasteiger partial charge is 0.274 e. The minimum atomic E-state index is -0.324. The summed E-state index contributed by atoms with van der Waals surface area (Å²) in [4.78, 5) is 20.6. The van der Waals surface area contributed by atoms with E-state index < -0.39 is 0 Å². The SMILES string of the molecule is Cc1cccc(NC(=O)c2cc(NCc3ccccc3F)ncn2)c1C. The van der Waals surface area contributed by atoms with Crippen LogP contribution in [0, 0.1) is 19.7 Å². The summed E-state index contributed by atoms with van der Waals surface area (Å²) in [5, 5.41) is 5.87. The quantitative estimate of drug-likeness (QED) is 0.727. The van der Waals surface area contributed by atoms with E-state index in [1.807, 2.05) is 32.0 Å². The van der Waals surface area contributed by atoms with Crippen LogP contribution in [0.3, 0.4) is 0 Å². The van der Waals surface area contributed by atoms with Crippen LogP contribution < -0.4 is 10.6 Å². The van der Waals surface area contributed by atoms with Crippen molar-refractivity contribution in [2.24, 2.45) is 0 Å². The number of carbonyl (C=O) groups is 1. The normalized spacial score (nSPS) is 10.4. The van der Waals surface area contributed by atoms with Crippen molar-refractivity contribution in [3.8, 4) is 0 Å². The molecular weight excluding hydrogens is 331 g/mol. The van der Waals surface area contributed by atoms with Gasteiger partial charge in [0.25, 0.3) is 5.91 Å². The molecule has 0 atom stereocenters. The Morgan fingerprint density at radius 3 is 2.69 bits per heavy atom. The Labute approximate surface area is 151 Å². The number of anilines is 2. The van der Waals surface area contributed by atoms with E-state index in [1.54, 1.807) is 24.3 Å². The van der Waals surface area contributed by atoms with E-state index >= 15 is 0 Å². The third-order valence-corrected chi connectivity index (χ3v) is 4.17. The number of nitrogens with zero attached hydrogens (tertiary/aromatic N) is 2. The number of hydrogen-bond donors (Lipinski definition) is 2. The van der Waals surface area contributed by atoms with Gasteiger partial charge in [0.15, 0.2) is 0 Å². The molecule has 0 bridgehead atoms. The van der Waals surface area contributed by atoms with E-state index in [2.05, 4.69) is 20.6 Å². The molecule has 5 nitrogen and oxygen atoms in total. The number of hydrogen-bond acceptors (Lipinski definition) is 4. The van der Waals surface area contributed by atoms with Gasteiger partial charge in [0.05, 0.1) is 0 Å². The second-order valence-corrected chi connectivity index (χ2v) is 5.94. The average molecular weight is 350 g/mol. The summed E-state index contributed by atoms with van der Waals surface area (Å²) in [6.07, 6.45) is 1.31. The van der Waals surface area contributed by atoms with Crippen LogP contribution >= 0.6 is 0 Å². The van der Waals surface area contributed by atoms with Crippen molar-refractivity contribution in [3.05, 3.63) is 83.1 Å². The first-order valence-corrected chi connectivity index (χ1v) is 8.21. The maximum atomic E-state index is 13.7. The highest BCUT2D eigenvalue weighted by Crippen LogP contribution is 2.19. The molecule has 0 fully saturated rings. The van der Waals surface area contributed by atoms with E-state index in [0.717, 1.165) is 16.8 Å². The summed E-state index contributed by atoms with van der Waals surface area (Å²) in [6, 6.07) is 13.8. The van der Waals surface area contributed by atoms with Crippen molar-refractivity contribution in [3.63, 3.8) is 0 Å². The van der Waals surface area contributed by atoms with E-state index in [-0.39, 0.29) is 24.0 Å². The van der Waals surface area contributed by atoms with Crippen LogP contribution in [0.4, 0.5) is 15.9 Å². The molecule has 0 saturated carbocycles. The molecular formula is C20H19FN4O. The molecule has 2 aromatic carbocycles. The summed E-state index contributed by atoms with van der Waals surface area (Å²) in [5.41, 5.74) is 3.60. The largest absolute Gasteiger partial charge is 0.366 e. The summed E-state index contributed by atoms with van der Waals surface area (Å²) >= 11 is 0. The van der Waals surface area contributed by atoms with E-state index in [4.69, 9.17) is 0 Å². The number of aryl methyl sites for hydroxylation is 1. The maximum Gasteiger partial charge on any atom is 0.274 e. The number of halogens is 1. The molecule has 0 unspecified atom stereocenters. The highest BCUT2D eigenvalue weighted by molar-refractivity contribution is 6.03. The number of carbonyl (C=O) groups excluding carboxylic acids is 1. The zero-order chi connectivity index (χ0) is 18.5. The fourth-order valence-corrected chi connectivity index (χ4v) is 2.48. The van der Waals surface area contributed by atoms with Gasteiger partial charge in [-0.1, -0.05) is 30.3 Å². The number of nitrogens with one attached hydrogen (secondary N) is 2. The minimum absolute atomic E-state index is 0.233. The Kier molecular flexibility index (Phi) is 5.22. The van der Waals surface area contributed by atoms with Gasteiger partial charge in [0, 0.05) is 23.9 Å². The van der Waals surface area contributed by atoms with Crippen LogP contribution in [0.1, 0.15) is 27.2 Å². The van der Waals surface area contributed by atoms with Crippen molar-refractivity contribution in [2.75, 3.05) is 10.6 Å². The highest BCUT2D eigenvalue weighted by Gasteiger charge is 2.11. The first-order valence-electron chi connectivity index (χ1n) is 8.21. The van der Waals surface area contributed by atoms with Crippen LogP contribution in [0.2, 0.25) is 0 Å². The molecule has 132 valence electrons. The zero-order valence-electron chi connectivity index (χ0n) is 14.6. The Morgan fingerprint density at radius 1 is 1.08 bits per heavy atom. The van der Waals surface area contributed by atoms with Crippen molar-refractivity contribution in [1.82, 2.24) is 9.97 Å². The Bertz CT molecular complexity index is 943. The molecule has 1 aromatic heterocycles. The van der Waals surface area contributed by atoms with Crippen molar-refractivity contribution < 1.29 is 9.18 Å². The fraction of sp³-hybridized carbons (Fsp3) is 0.150. The van der Waals surface area contributed by atoms with Crippen LogP contribution in [-0.4, -0.2) is 15.9 Å². The summed E-state index contributed by atoms with van der Waals surface area (Å²) in [6.45, 7) is 4.20. The molecule has 0 saturated heterocycles.